The molecule has 0 aromatic heterocycles. The minimum Gasteiger partial charge on any atom is -0.444 e. The summed E-state index contributed by atoms with van der Waals surface area (Å²) in [5.74, 6) is 0. The van der Waals surface area contributed by atoms with Gasteiger partial charge in [0.05, 0.1) is 0 Å². The number of carbonyl (C=O) groups is 1. The Morgan fingerprint density at radius 3 is 2.29 bits per heavy atom. The van der Waals surface area contributed by atoms with Crippen LogP contribution in [0.15, 0.2) is 18.2 Å². The number of halogens is 2. The van der Waals surface area contributed by atoms with E-state index in [-0.39, 0.29) is 22.2 Å². The van der Waals surface area contributed by atoms with E-state index in [4.69, 9.17) is 27.9 Å². The van der Waals surface area contributed by atoms with Crippen LogP contribution >= 0.6 is 23.2 Å². The first-order chi connectivity index (χ1) is 9.61. The molecule has 0 heterocycles. The van der Waals surface area contributed by atoms with Gasteiger partial charge in [-0.2, -0.15) is 0 Å². The molecule has 0 aliphatic rings. The van der Waals surface area contributed by atoms with Gasteiger partial charge in [-0.1, -0.05) is 29.3 Å². The SMILES string of the molecule is CC(C)(C)OC(=O)NCC(O)C(O)c1c(Cl)cccc1Cl. The highest BCUT2D eigenvalue weighted by molar-refractivity contribution is 6.36. The summed E-state index contributed by atoms with van der Waals surface area (Å²) in [6.45, 7) is 4.97. The van der Waals surface area contributed by atoms with Gasteiger partial charge >= 0.3 is 6.09 Å². The summed E-state index contributed by atoms with van der Waals surface area (Å²) >= 11 is 11.9. The van der Waals surface area contributed by atoms with Crippen molar-refractivity contribution in [2.75, 3.05) is 6.54 Å². The van der Waals surface area contributed by atoms with Crippen LogP contribution in [-0.4, -0.2) is 34.6 Å². The van der Waals surface area contributed by atoms with Gasteiger partial charge in [0.2, 0.25) is 0 Å². The number of aliphatic hydroxyl groups is 2. The number of ether oxygens (including phenoxy) is 1. The molecule has 1 aromatic rings. The predicted molar refractivity (Wildman–Crippen MR) is 81.7 cm³/mol. The molecule has 0 radical (unpaired) electrons. The number of carbonyl (C=O) groups excluding carboxylic acids is 1. The minimum atomic E-state index is -1.32. The van der Waals surface area contributed by atoms with Gasteiger partial charge in [-0.3, -0.25) is 0 Å². The second-order valence-electron chi connectivity index (χ2n) is 5.53. The quantitative estimate of drug-likeness (QED) is 0.790. The van der Waals surface area contributed by atoms with Crippen molar-refractivity contribution >= 4 is 29.3 Å². The van der Waals surface area contributed by atoms with Crippen molar-refractivity contribution < 1.29 is 19.7 Å². The molecule has 0 saturated carbocycles. The molecule has 5 nitrogen and oxygen atoms in total. The second kappa shape index (κ2) is 7.31. The van der Waals surface area contributed by atoms with Gasteiger partial charge in [-0.25, -0.2) is 4.79 Å². The summed E-state index contributed by atoms with van der Waals surface area (Å²) in [5.41, 5.74) is -0.418. The third-order valence-electron chi connectivity index (χ3n) is 2.51. The third kappa shape index (κ3) is 5.71. The average Bonchev–Trinajstić information content (AvgIpc) is 2.33. The summed E-state index contributed by atoms with van der Waals surface area (Å²) in [6.07, 6.45) is -3.27. The molecule has 1 rings (SSSR count). The normalized spacial score (nSPS) is 14.4. The van der Waals surface area contributed by atoms with E-state index in [2.05, 4.69) is 5.32 Å². The number of amides is 1. The van der Waals surface area contributed by atoms with E-state index in [9.17, 15) is 15.0 Å². The number of rotatable bonds is 4. The van der Waals surface area contributed by atoms with E-state index in [0.29, 0.717) is 0 Å². The molecule has 0 bridgehead atoms. The summed E-state index contributed by atoms with van der Waals surface area (Å²) in [5, 5.41) is 22.9. The zero-order chi connectivity index (χ0) is 16.2. The van der Waals surface area contributed by atoms with Gasteiger partial charge in [0, 0.05) is 22.2 Å². The number of nitrogens with one attached hydrogen (secondary N) is 1. The van der Waals surface area contributed by atoms with Crippen LogP contribution in [0.25, 0.3) is 0 Å². The smallest absolute Gasteiger partial charge is 0.407 e. The molecule has 2 unspecified atom stereocenters. The number of hydrogen-bond donors (Lipinski definition) is 3. The Hall–Kier alpha value is -1.01. The van der Waals surface area contributed by atoms with E-state index >= 15 is 0 Å². The average molecular weight is 336 g/mol. The zero-order valence-corrected chi connectivity index (χ0v) is 13.6. The monoisotopic (exact) mass is 335 g/mol. The third-order valence-corrected chi connectivity index (χ3v) is 3.17. The molecule has 7 heteroatoms. The molecule has 1 aromatic carbocycles. The Bertz CT molecular complexity index is 482. The molecule has 0 spiro atoms. The van der Waals surface area contributed by atoms with Crippen molar-refractivity contribution in [2.45, 2.75) is 38.6 Å². The molecule has 0 aliphatic heterocycles. The molecule has 3 N–H and O–H groups in total. The van der Waals surface area contributed by atoms with Crippen LogP contribution in [0.4, 0.5) is 4.79 Å². The molecular formula is C14H19Cl2NO4. The first-order valence-electron chi connectivity index (χ1n) is 6.38. The van der Waals surface area contributed by atoms with Crippen LogP contribution in [0, 0.1) is 0 Å². The lowest BCUT2D eigenvalue weighted by Gasteiger charge is -2.23. The van der Waals surface area contributed by atoms with Crippen molar-refractivity contribution in [3.05, 3.63) is 33.8 Å². The van der Waals surface area contributed by atoms with E-state index < -0.39 is 23.9 Å². The predicted octanol–water partition coefficient (Wildman–Crippen LogP) is 2.91. The van der Waals surface area contributed by atoms with E-state index in [1.807, 2.05) is 0 Å². The van der Waals surface area contributed by atoms with Crippen LogP contribution in [0.5, 0.6) is 0 Å². The summed E-state index contributed by atoms with van der Waals surface area (Å²) in [6, 6.07) is 4.74. The van der Waals surface area contributed by atoms with E-state index in [1.165, 1.54) is 0 Å². The first kappa shape index (κ1) is 18.0. The highest BCUT2D eigenvalue weighted by Gasteiger charge is 2.24. The first-order valence-corrected chi connectivity index (χ1v) is 7.14. The van der Waals surface area contributed by atoms with Crippen LogP contribution in [0.3, 0.4) is 0 Å². The van der Waals surface area contributed by atoms with Crippen LogP contribution < -0.4 is 5.32 Å². The lowest BCUT2D eigenvalue weighted by Crippen LogP contribution is -2.39. The fourth-order valence-corrected chi connectivity index (χ4v) is 2.22. The minimum absolute atomic E-state index is 0.197. The largest absolute Gasteiger partial charge is 0.444 e. The maximum atomic E-state index is 11.5. The number of benzene rings is 1. The lowest BCUT2D eigenvalue weighted by atomic mass is 10.0. The number of alkyl carbamates (subject to hydrolysis) is 1. The van der Waals surface area contributed by atoms with Crippen LogP contribution in [0.1, 0.15) is 32.4 Å². The van der Waals surface area contributed by atoms with Gasteiger partial charge in [-0.15, -0.1) is 0 Å². The standard InChI is InChI=1S/C14H19Cl2NO4/c1-14(2,3)21-13(20)17-7-10(18)12(19)11-8(15)5-4-6-9(11)16/h4-6,10,12,18-19H,7H2,1-3H3,(H,17,20). The molecule has 0 fully saturated rings. The molecule has 1 amide bonds. The van der Waals surface area contributed by atoms with Crippen molar-refractivity contribution in [1.29, 1.82) is 0 Å². The number of hydrogen-bond acceptors (Lipinski definition) is 4. The Morgan fingerprint density at radius 1 is 1.29 bits per heavy atom. The fraction of sp³-hybridized carbons (Fsp3) is 0.500. The maximum Gasteiger partial charge on any atom is 0.407 e. The van der Waals surface area contributed by atoms with Crippen LogP contribution in [0.2, 0.25) is 10.0 Å². The molecular weight excluding hydrogens is 317 g/mol. The lowest BCUT2D eigenvalue weighted by molar-refractivity contribution is 0.0130. The van der Waals surface area contributed by atoms with Gasteiger partial charge in [0.25, 0.3) is 0 Å². The second-order valence-corrected chi connectivity index (χ2v) is 6.34. The van der Waals surface area contributed by atoms with Gasteiger partial charge in [0.1, 0.15) is 17.8 Å². The topological polar surface area (TPSA) is 78.8 Å². The number of aliphatic hydroxyl groups excluding tert-OH is 2. The Kier molecular flexibility index (Phi) is 6.28. The highest BCUT2D eigenvalue weighted by atomic mass is 35.5. The molecule has 0 aliphatic carbocycles. The Labute approximate surface area is 133 Å². The molecule has 2 atom stereocenters. The van der Waals surface area contributed by atoms with Gasteiger partial charge in [0.15, 0.2) is 0 Å². The summed E-state index contributed by atoms with van der Waals surface area (Å²) in [7, 11) is 0. The zero-order valence-electron chi connectivity index (χ0n) is 12.1. The van der Waals surface area contributed by atoms with Crippen molar-refractivity contribution in [2.24, 2.45) is 0 Å². The van der Waals surface area contributed by atoms with Crippen molar-refractivity contribution in [3.63, 3.8) is 0 Å². The van der Waals surface area contributed by atoms with Crippen molar-refractivity contribution in [3.8, 4) is 0 Å². The fourth-order valence-electron chi connectivity index (χ4n) is 1.60. The molecule has 21 heavy (non-hydrogen) atoms. The maximum absolute atomic E-state index is 11.5. The molecule has 0 saturated heterocycles. The Morgan fingerprint density at radius 2 is 1.81 bits per heavy atom. The van der Waals surface area contributed by atoms with Crippen molar-refractivity contribution in [1.82, 2.24) is 5.32 Å². The summed E-state index contributed by atoms with van der Waals surface area (Å²) < 4.78 is 5.03. The molecule has 118 valence electrons. The van der Waals surface area contributed by atoms with E-state index in [0.717, 1.165) is 0 Å². The van der Waals surface area contributed by atoms with Crippen LogP contribution in [-0.2, 0) is 4.74 Å². The van der Waals surface area contributed by atoms with Gasteiger partial charge in [-0.05, 0) is 32.9 Å². The van der Waals surface area contributed by atoms with Gasteiger partial charge < -0.3 is 20.3 Å². The van der Waals surface area contributed by atoms with E-state index in [1.54, 1.807) is 39.0 Å². The highest BCUT2D eigenvalue weighted by Crippen LogP contribution is 2.31. The Balaban J connectivity index is 2.63. The summed E-state index contributed by atoms with van der Waals surface area (Å²) in [4.78, 5) is 11.5.